The Morgan fingerprint density at radius 2 is 1.85 bits per heavy atom. The first-order valence-corrected chi connectivity index (χ1v) is 12.6. The number of anilines is 1. The van der Waals surface area contributed by atoms with E-state index in [0.717, 1.165) is 40.4 Å². The Morgan fingerprint density at radius 1 is 1.09 bits per heavy atom. The van der Waals surface area contributed by atoms with Crippen molar-refractivity contribution in [1.29, 1.82) is 0 Å². The average Bonchev–Trinajstić information content (AvgIpc) is 3.41. The lowest BCUT2D eigenvalue weighted by atomic mass is 9.89. The number of methoxy groups -OCH3 is 1. The van der Waals surface area contributed by atoms with Crippen LogP contribution in [0.15, 0.2) is 47.8 Å². The normalized spacial score (nSPS) is 13.0. The van der Waals surface area contributed by atoms with Crippen LogP contribution in [0.5, 0.6) is 0 Å². The van der Waals surface area contributed by atoms with E-state index in [1.165, 1.54) is 42.4 Å². The molecule has 0 radical (unpaired) electrons. The Balaban J connectivity index is 1.55. The second kappa shape index (κ2) is 9.11. The number of carbonyl (C=O) groups excluding carboxylic acids is 2. The number of benzene rings is 2. The Hall–Kier alpha value is -3.38. The third-order valence-corrected chi connectivity index (χ3v) is 7.72. The molecule has 1 aliphatic carbocycles. The number of nitrogens with one attached hydrogen (secondary N) is 1. The van der Waals surface area contributed by atoms with Crippen LogP contribution in [0, 0.1) is 6.92 Å². The van der Waals surface area contributed by atoms with E-state index in [2.05, 4.69) is 23.5 Å². The minimum Gasteiger partial charge on any atom is -0.465 e. The lowest BCUT2D eigenvalue weighted by Crippen LogP contribution is -2.19. The maximum atomic E-state index is 13.5. The Morgan fingerprint density at radius 3 is 2.62 bits per heavy atom. The standard InChI is InChI=1S/C28H28N2O3S/c1-4-30-23-12-8-7-11-21(23)17(2)25(30)26(31)29-27-24(28(32)33-3)22(16-34-27)20-14-13-18-9-5-6-10-19(18)15-20/h7-8,11-16H,4-6,9-10H2,1-3H3,(H,29,31). The Kier molecular flexibility index (Phi) is 6.00. The van der Waals surface area contributed by atoms with Crippen molar-refractivity contribution in [3.05, 3.63) is 75.8 Å². The number of thiophene rings is 1. The van der Waals surface area contributed by atoms with Crippen LogP contribution in [0.2, 0.25) is 0 Å². The molecule has 0 unspecified atom stereocenters. The van der Waals surface area contributed by atoms with Crippen molar-refractivity contribution in [3.63, 3.8) is 0 Å². The maximum absolute atomic E-state index is 13.5. The van der Waals surface area contributed by atoms with Gasteiger partial charge in [-0.3, -0.25) is 4.79 Å². The first kappa shape index (κ1) is 22.4. The van der Waals surface area contributed by atoms with E-state index < -0.39 is 5.97 Å². The summed E-state index contributed by atoms with van der Waals surface area (Å²) in [7, 11) is 1.38. The molecular weight excluding hydrogens is 444 g/mol. The summed E-state index contributed by atoms with van der Waals surface area (Å²) < 4.78 is 7.15. The van der Waals surface area contributed by atoms with Crippen LogP contribution in [-0.2, 0) is 24.1 Å². The lowest BCUT2D eigenvalue weighted by Gasteiger charge is -2.17. The number of para-hydroxylation sites is 1. The number of nitrogens with zero attached hydrogens (tertiary/aromatic N) is 1. The van der Waals surface area contributed by atoms with Gasteiger partial charge in [0.05, 0.1) is 7.11 Å². The molecule has 0 aliphatic heterocycles. The fourth-order valence-corrected chi connectivity index (χ4v) is 6.08. The molecule has 34 heavy (non-hydrogen) atoms. The highest BCUT2D eigenvalue weighted by molar-refractivity contribution is 7.15. The van der Waals surface area contributed by atoms with Gasteiger partial charge in [0.2, 0.25) is 0 Å². The summed E-state index contributed by atoms with van der Waals surface area (Å²) >= 11 is 1.36. The largest absolute Gasteiger partial charge is 0.465 e. The highest BCUT2D eigenvalue weighted by atomic mass is 32.1. The number of amides is 1. The van der Waals surface area contributed by atoms with E-state index in [4.69, 9.17) is 4.74 Å². The van der Waals surface area contributed by atoms with Gasteiger partial charge in [-0.1, -0.05) is 36.4 Å². The Bertz CT molecular complexity index is 1410. The number of fused-ring (bicyclic) bond motifs is 2. The van der Waals surface area contributed by atoms with Crippen molar-refractivity contribution < 1.29 is 14.3 Å². The van der Waals surface area contributed by atoms with Crippen molar-refractivity contribution in [3.8, 4) is 11.1 Å². The fraction of sp³-hybridized carbons (Fsp3) is 0.286. The molecule has 0 saturated carbocycles. The summed E-state index contributed by atoms with van der Waals surface area (Å²) in [5, 5.41) is 6.54. The van der Waals surface area contributed by atoms with Gasteiger partial charge in [-0.25, -0.2) is 4.79 Å². The first-order valence-electron chi connectivity index (χ1n) is 11.7. The predicted octanol–water partition coefficient (Wildman–Crippen LogP) is 6.62. The topological polar surface area (TPSA) is 60.3 Å². The molecule has 2 aromatic heterocycles. The molecule has 1 amide bonds. The van der Waals surface area contributed by atoms with E-state index in [-0.39, 0.29) is 5.91 Å². The van der Waals surface area contributed by atoms with Crippen LogP contribution >= 0.6 is 11.3 Å². The zero-order valence-corrected chi connectivity index (χ0v) is 20.6. The van der Waals surface area contributed by atoms with Crippen LogP contribution in [0.1, 0.15) is 57.3 Å². The highest BCUT2D eigenvalue weighted by Crippen LogP contribution is 2.38. The van der Waals surface area contributed by atoms with Gasteiger partial charge in [-0.05, 0) is 67.9 Å². The van der Waals surface area contributed by atoms with Crippen LogP contribution < -0.4 is 5.32 Å². The molecule has 0 atom stereocenters. The highest BCUT2D eigenvalue weighted by Gasteiger charge is 2.26. The summed E-state index contributed by atoms with van der Waals surface area (Å²) in [6, 6.07) is 14.5. The van der Waals surface area contributed by atoms with Crippen LogP contribution in [-0.4, -0.2) is 23.6 Å². The van der Waals surface area contributed by atoms with Gasteiger partial charge < -0.3 is 14.6 Å². The van der Waals surface area contributed by atoms with E-state index >= 15 is 0 Å². The maximum Gasteiger partial charge on any atom is 0.341 e. The smallest absolute Gasteiger partial charge is 0.341 e. The van der Waals surface area contributed by atoms with Gasteiger partial charge in [0, 0.05) is 28.4 Å². The van der Waals surface area contributed by atoms with Crippen molar-refractivity contribution in [2.45, 2.75) is 46.1 Å². The van der Waals surface area contributed by atoms with Crippen LogP contribution in [0.3, 0.4) is 0 Å². The van der Waals surface area contributed by atoms with Gasteiger partial charge in [0.25, 0.3) is 5.91 Å². The van der Waals surface area contributed by atoms with Crippen LogP contribution in [0.4, 0.5) is 5.00 Å². The number of aryl methyl sites for hydroxylation is 4. The molecule has 0 spiro atoms. The number of rotatable bonds is 5. The molecule has 1 N–H and O–H groups in total. The molecule has 5 nitrogen and oxygen atoms in total. The second-order valence-corrected chi connectivity index (χ2v) is 9.60. The minimum atomic E-state index is -0.447. The molecule has 0 bridgehead atoms. The summed E-state index contributed by atoms with van der Waals surface area (Å²) in [4.78, 5) is 26.4. The van der Waals surface area contributed by atoms with Gasteiger partial charge >= 0.3 is 5.97 Å². The zero-order valence-electron chi connectivity index (χ0n) is 19.7. The molecule has 2 aromatic carbocycles. The first-order chi connectivity index (χ1) is 16.5. The van der Waals surface area contributed by atoms with Gasteiger partial charge in [0.1, 0.15) is 16.3 Å². The van der Waals surface area contributed by atoms with Crippen molar-refractivity contribution >= 4 is 39.1 Å². The predicted molar refractivity (Wildman–Crippen MR) is 138 cm³/mol. The SMILES string of the molecule is CCn1c(C(=O)Nc2scc(-c3ccc4c(c3)CCCC4)c2C(=O)OC)c(C)c2ccccc21. The molecule has 2 heterocycles. The molecule has 4 aromatic rings. The number of aromatic nitrogens is 1. The monoisotopic (exact) mass is 472 g/mol. The van der Waals surface area contributed by atoms with Crippen LogP contribution in [0.25, 0.3) is 22.0 Å². The van der Waals surface area contributed by atoms with Gasteiger partial charge in [-0.15, -0.1) is 11.3 Å². The van der Waals surface area contributed by atoms with E-state index in [0.29, 0.717) is 22.8 Å². The number of esters is 1. The van der Waals surface area contributed by atoms with Crippen molar-refractivity contribution in [2.75, 3.05) is 12.4 Å². The average molecular weight is 473 g/mol. The summed E-state index contributed by atoms with van der Waals surface area (Å²) in [6.07, 6.45) is 4.58. The van der Waals surface area contributed by atoms with Gasteiger partial charge in [0.15, 0.2) is 0 Å². The lowest BCUT2D eigenvalue weighted by molar-refractivity contribution is 0.0603. The van der Waals surface area contributed by atoms with Gasteiger partial charge in [-0.2, -0.15) is 0 Å². The molecule has 1 aliphatic rings. The molecule has 174 valence electrons. The van der Waals surface area contributed by atoms with E-state index in [9.17, 15) is 9.59 Å². The number of hydrogen-bond donors (Lipinski definition) is 1. The number of ether oxygens (including phenoxy) is 1. The third kappa shape index (κ3) is 3.72. The molecule has 6 heteroatoms. The molecule has 0 fully saturated rings. The molecule has 5 rings (SSSR count). The molecular formula is C28H28N2O3S. The number of hydrogen-bond acceptors (Lipinski definition) is 4. The zero-order chi connectivity index (χ0) is 23.8. The van der Waals surface area contributed by atoms with E-state index in [1.54, 1.807) is 0 Å². The van der Waals surface area contributed by atoms with Crippen molar-refractivity contribution in [1.82, 2.24) is 4.57 Å². The summed E-state index contributed by atoms with van der Waals surface area (Å²) in [5.41, 5.74) is 7.50. The Labute approximate surface area is 203 Å². The third-order valence-electron chi connectivity index (χ3n) is 6.82. The summed E-state index contributed by atoms with van der Waals surface area (Å²) in [5.74, 6) is -0.670. The quantitative estimate of drug-likeness (QED) is 0.332. The minimum absolute atomic E-state index is 0.223. The second-order valence-electron chi connectivity index (χ2n) is 8.72. The molecule has 0 saturated heterocycles. The fourth-order valence-electron chi connectivity index (χ4n) is 5.13. The van der Waals surface area contributed by atoms with E-state index in [1.807, 2.05) is 48.1 Å². The number of carbonyl (C=O) groups is 2. The van der Waals surface area contributed by atoms with Crippen molar-refractivity contribution in [2.24, 2.45) is 0 Å². The summed E-state index contributed by atoms with van der Waals surface area (Å²) in [6.45, 7) is 4.67.